The number of hydrogen-bond acceptors (Lipinski definition) is 6. The van der Waals surface area contributed by atoms with E-state index in [2.05, 4.69) is 155 Å². The van der Waals surface area contributed by atoms with Crippen molar-refractivity contribution >= 4 is 0 Å². The van der Waals surface area contributed by atoms with Crippen molar-refractivity contribution in [1.29, 1.82) is 0 Å². The maximum Gasteiger partial charge on any atom is 0.00951 e. The molecule has 1 aliphatic carbocycles. The highest BCUT2D eigenvalue weighted by atomic mass is 15.2. The summed E-state index contributed by atoms with van der Waals surface area (Å²) in [7, 11) is 13.3. The predicted octanol–water partition coefficient (Wildman–Crippen LogP) is 11.3. The van der Waals surface area contributed by atoms with Crippen LogP contribution < -0.4 is 0 Å². The highest BCUT2D eigenvalue weighted by Crippen LogP contribution is 2.53. The van der Waals surface area contributed by atoms with E-state index in [4.69, 9.17) is 0 Å². The van der Waals surface area contributed by atoms with E-state index in [0.717, 1.165) is 76.6 Å². The zero-order chi connectivity index (χ0) is 44.4. The maximum atomic E-state index is 2.50. The molecule has 1 saturated carbocycles. The summed E-state index contributed by atoms with van der Waals surface area (Å²) in [4.78, 5) is 14.6. The highest BCUT2D eigenvalue weighted by molar-refractivity contribution is 5.03. The second-order valence-electron chi connectivity index (χ2n) is 24.1. The number of nitrogens with zero attached hydrogens (tertiary/aromatic N) is 6. The number of hydrogen-bond donors (Lipinski definition) is 0. The summed E-state index contributed by atoms with van der Waals surface area (Å²) in [6.07, 6.45) is 15.7. The van der Waals surface area contributed by atoms with Gasteiger partial charge in [0, 0.05) is 45.3 Å². The summed E-state index contributed by atoms with van der Waals surface area (Å²) in [6, 6.07) is 0.889. The van der Waals surface area contributed by atoms with Gasteiger partial charge in [0.15, 0.2) is 0 Å². The molecule has 6 nitrogen and oxygen atoms in total. The highest BCUT2D eigenvalue weighted by Gasteiger charge is 2.51. The lowest BCUT2D eigenvalue weighted by molar-refractivity contribution is -0.0940. The van der Waals surface area contributed by atoms with E-state index in [0.29, 0.717) is 0 Å². The summed E-state index contributed by atoms with van der Waals surface area (Å²) < 4.78 is 0. The zero-order valence-electron chi connectivity index (χ0n) is 43.7. The number of rotatable bonds is 8. The topological polar surface area (TPSA) is 19.4 Å². The lowest BCUT2D eigenvalue weighted by atomic mass is 9.55. The molecule has 352 valence electrons. The molecular formula is C53H110N6. The van der Waals surface area contributed by atoms with Crippen LogP contribution in [-0.2, 0) is 0 Å². The van der Waals surface area contributed by atoms with Crippen molar-refractivity contribution in [2.24, 2.45) is 70.5 Å². The van der Waals surface area contributed by atoms with Crippen LogP contribution in [0.3, 0.4) is 0 Å². The quantitative estimate of drug-likeness (QED) is 0.241. The Labute approximate surface area is 372 Å². The van der Waals surface area contributed by atoms with Crippen molar-refractivity contribution in [2.45, 2.75) is 160 Å². The Kier molecular flexibility index (Phi) is 25.9. The minimum atomic E-state index is 0.795. The molecular weight excluding hydrogens is 721 g/mol. The minimum Gasteiger partial charge on any atom is -0.306 e. The first-order valence-electron chi connectivity index (χ1n) is 25.7. The molecule has 0 unspecified atom stereocenters. The molecule has 6 saturated heterocycles. The van der Waals surface area contributed by atoms with Crippen LogP contribution in [-0.4, -0.2) is 150 Å². The van der Waals surface area contributed by atoms with Crippen molar-refractivity contribution in [1.82, 2.24) is 29.4 Å². The molecule has 3 atom stereocenters. The summed E-state index contributed by atoms with van der Waals surface area (Å²) >= 11 is 0. The first kappa shape index (κ1) is 54.9. The SMILES string of the molecule is CC(C)C1CC2(C1)CN(C)C2.CC(C)C1CCN(C)CC1.CC(C)CC1CN(C)C1.CC(C)C[C@H]1CCCN1C.CC(C)[C@@H]1CCCN(C)C1.CC(C)[C@@H]1CCN(C)C1. The van der Waals surface area contributed by atoms with E-state index in [9.17, 15) is 0 Å². The van der Waals surface area contributed by atoms with Gasteiger partial charge in [-0.2, -0.15) is 0 Å². The van der Waals surface area contributed by atoms with E-state index < -0.39 is 0 Å². The fourth-order valence-corrected chi connectivity index (χ4v) is 11.3. The van der Waals surface area contributed by atoms with Crippen molar-refractivity contribution in [3.05, 3.63) is 0 Å². The molecule has 6 heteroatoms. The Morgan fingerprint density at radius 2 is 0.847 bits per heavy atom. The normalized spacial score (nSPS) is 27.6. The van der Waals surface area contributed by atoms with E-state index in [1.54, 1.807) is 0 Å². The molecule has 0 aromatic carbocycles. The predicted molar refractivity (Wildman–Crippen MR) is 264 cm³/mol. The second kappa shape index (κ2) is 27.8. The van der Waals surface area contributed by atoms with Crippen LogP contribution in [0.1, 0.15) is 154 Å². The lowest BCUT2D eigenvalue weighted by Crippen LogP contribution is -2.61. The van der Waals surface area contributed by atoms with Crippen LogP contribution in [0.4, 0.5) is 0 Å². The largest absolute Gasteiger partial charge is 0.306 e. The van der Waals surface area contributed by atoms with Gasteiger partial charge in [-0.15, -0.1) is 0 Å². The van der Waals surface area contributed by atoms with Gasteiger partial charge in [0.1, 0.15) is 0 Å². The molecule has 0 aromatic rings. The van der Waals surface area contributed by atoms with E-state index in [1.807, 2.05) is 0 Å². The average molecular weight is 832 g/mol. The van der Waals surface area contributed by atoms with Gasteiger partial charge in [-0.25, -0.2) is 0 Å². The molecule has 1 spiro atoms. The average Bonchev–Trinajstić information content (AvgIpc) is 3.73. The maximum absolute atomic E-state index is 2.50. The Bertz CT molecular complexity index is 1030. The van der Waals surface area contributed by atoms with Gasteiger partial charge in [0.2, 0.25) is 0 Å². The third-order valence-corrected chi connectivity index (χ3v) is 15.6. The van der Waals surface area contributed by atoms with Crippen LogP contribution >= 0.6 is 0 Å². The van der Waals surface area contributed by atoms with Gasteiger partial charge < -0.3 is 29.4 Å². The molecule has 0 N–H and O–H groups in total. The van der Waals surface area contributed by atoms with E-state index in [-0.39, 0.29) is 0 Å². The fraction of sp³-hybridized carbons (Fsp3) is 1.00. The Morgan fingerprint density at radius 1 is 0.407 bits per heavy atom. The Hall–Kier alpha value is -0.240. The molecule has 6 heterocycles. The molecule has 0 radical (unpaired) electrons. The molecule has 59 heavy (non-hydrogen) atoms. The Morgan fingerprint density at radius 3 is 1.20 bits per heavy atom. The van der Waals surface area contributed by atoms with E-state index in [1.165, 1.54) is 143 Å². The van der Waals surface area contributed by atoms with Gasteiger partial charge >= 0.3 is 0 Å². The van der Waals surface area contributed by atoms with Gasteiger partial charge in [-0.1, -0.05) is 83.1 Å². The monoisotopic (exact) mass is 831 g/mol. The number of likely N-dealkylation sites (tertiary alicyclic amines) is 6. The lowest BCUT2D eigenvalue weighted by Gasteiger charge is -2.59. The van der Waals surface area contributed by atoms with E-state index >= 15 is 0 Å². The fourth-order valence-electron chi connectivity index (χ4n) is 11.3. The molecule has 0 bridgehead atoms. The standard InChI is InChI=1S/C10H19N.3C9H19N.2C8H17N/c1-8(2)9-4-10(5-9)6-11(3)7-10;1-8(2)9-4-6-10(3)7-5-9;1-8(2)9-5-4-6-10(3)7-9;1-8(2)7-9-5-4-6-10(9)3;1-7(2)4-8-5-9(3)6-8;1-7(2)8-4-5-9(3)6-8/h8-9H,4-7H2,1-3H3;3*8-9H,4-7H2,1-3H3;2*7-8H,4-6H2,1-3H3/t;;2*9-;;8-/m..11.1/s1. The van der Waals surface area contributed by atoms with Crippen molar-refractivity contribution in [3.63, 3.8) is 0 Å². The minimum absolute atomic E-state index is 0.795. The van der Waals surface area contributed by atoms with Crippen molar-refractivity contribution in [2.75, 3.05) is 114 Å². The summed E-state index contributed by atoms with van der Waals surface area (Å²) in [6.45, 7) is 42.6. The van der Waals surface area contributed by atoms with Crippen molar-refractivity contribution < 1.29 is 0 Å². The zero-order valence-corrected chi connectivity index (χ0v) is 43.7. The van der Waals surface area contributed by atoms with Crippen LogP contribution in [0, 0.1) is 70.5 Å². The second-order valence-corrected chi connectivity index (χ2v) is 24.1. The van der Waals surface area contributed by atoms with Crippen LogP contribution in [0.25, 0.3) is 0 Å². The summed E-state index contributed by atoms with van der Waals surface area (Å²) in [5.74, 6) is 10.3. The van der Waals surface area contributed by atoms with Gasteiger partial charge in [0.25, 0.3) is 0 Å². The third kappa shape index (κ3) is 21.8. The Balaban J connectivity index is 0.000000244. The molecule has 0 aromatic heterocycles. The molecule has 6 aliphatic heterocycles. The molecule has 7 fully saturated rings. The van der Waals surface area contributed by atoms with Crippen LogP contribution in [0.5, 0.6) is 0 Å². The number of piperidine rings is 2. The molecule has 0 amide bonds. The summed E-state index contributed by atoms with van der Waals surface area (Å²) in [5, 5.41) is 0. The molecule has 7 rings (SSSR count). The van der Waals surface area contributed by atoms with Crippen LogP contribution in [0.2, 0.25) is 0 Å². The first-order valence-corrected chi connectivity index (χ1v) is 25.7. The van der Waals surface area contributed by atoms with Gasteiger partial charge in [0.05, 0.1) is 0 Å². The first-order chi connectivity index (χ1) is 27.6. The molecule has 7 aliphatic rings. The van der Waals surface area contributed by atoms with Gasteiger partial charge in [-0.3, -0.25) is 0 Å². The van der Waals surface area contributed by atoms with Gasteiger partial charge in [-0.05, 0) is 216 Å². The third-order valence-electron chi connectivity index (χ3n) is 15.6. The van der Waals surface area contributed by atoms with Crippen molar-refractivity contribution in [3.8, 4) is 0 Å². The smallest absolute Gasteiger partial charge is 0.00951 e. The summed E-state index contributed by atoms with van der Waals surface area (Å²) in [5.41, 5.74) is 0.795. The van der Waals surface area contributed by atoms with Crippen LogP contribution in [0.15, 0.2) is 0 Å².